The summed E-state index contributed by atoms with van der Waals surface area (Å²) in [6.07, 6.45) is 0. The predicted molar refractivity (Wildman–Crippen MR) is 88.8 cm³/mol. The van der Waals surface area contributed by atoms with Crippen LogP contribution in [0.25, 0.3) is 0 Å². The molecule has 3 rings (SSSR count). The van der Waals surface area contributed by atoms with Gasteiger partial charge in [0.15, 0.2) is 5.78 Å². The van der Waals surface area contributed by atoms with E-state index in [0.717, 1.165) is 6.07 Å². The first kappa shape index (κ1) is 17.6. The fourth-order valence-corrected chi connectivity index (χ4v) is 2.96. The van der Waals surface area contributed by atoms with Crippen molar-refractivity contribution in [1.82, 2.24) is 0 Å². The maximum Gasteiger partial charge on any atom is 0.338 e. The van der Waals surface area contributed by atoms with Crippen molar-refractivity contribution >= 4 is 17.5 Å². The number of fused-ring (bicyclic) bond motifs is 2. The topological polar surface area (TPSA) is 78.9 Å². The largest absolute Gasteiger partial charge is 0.496 e. The van der Waals surface area contributed by atoms with Crippen LogP contribution < -0.4 is 9.47 Å². The molecule has 2 aromatic rings. The van der Waals surface area contributed by atoms with Crippen LogP contribution in [-0.4, -0.2) is 38.4 Å². The summed E-state index contributed by atoms with van der Waals surface area (Å²) in [5.41, 5.74) is -0.661. The number of benzene rings is 2. The normalized spacial score (nSPS) is 12.3. The quantitative estimate of drug-likeness (QED) is 0.668. The third kappa shape index (κ3) is 2.52. The summed E-state index contributed by atoms with van der Waals surface area (Å²) < 4.78 is 29.6. The molecule has 0 atom stereocenters. The number of halogens is 1. The third-order valence-electron chi connectivity index (χ3n) is 4.10. The molecule has 0 amide bonds. The van der Waals surface area contributed by atoms with Crippen molar-refractivity contribution in [3.63, 3.8) is 0 Å². The number of rotatable bonds is 4. The van der Waals surface area contributed by atoms with Gasteiger partial charge in [0, 0.05) is 5.56 Å². The van der Waals surface area contributed by atoms with Gasteiger partial charge in [-0.3, -0.25) is 9.59 Å². The molecule has 0 saturated heterocycles. The molecule has 1 aliphatic rings. The van der Waals surface area contributed by atoms with Crippen molar-refractivity contribution in [1.29, 1.82) is 0 Å². The number of carbonyl (C=O) groups excluding carboxylic acids is 3. The van der Waals surface area contributed by atoms with E-state index in [1.165, 1.54) is 32.4 Å². The molecule has 2 aromatic carbocycles. The van der Waals surface area contributed by atoms with Gasteiger partial charge in [0.2, 0.25) is 5.78 Å². The Bertz CT molecular complexity index is 948. The second-order valence-electron chi connectivity index (χ2n) is 5.48. The highest BCUT2D eigenvalue weighted by Gasteiger charge is 2.37. The van der Waals surface area contributed by atoms with Crippen LogP contribution in [0.1, 0.15) is 49.1 Å². The van der Waals surface area contributed by atoms with E-state index >= 15 is 0 Å². The molecule has 1 aliphatic carbocycles. The van der Waals surface area contributed by atoms with E-state index in [1.807, 2.05) is 0 Å². The van der Waals surface area contributed by atoms with Crippen molar-refractivity contribution < 1.29 is 33.0 Å². The lowest BCUT2D eigenvalue weighted by atomic mass is 9.82. The second-order valence-corrected chi connectivity index (χ2v) is 5.48. The number of hydrogen-bond donors (Lipinski definition) is 0. The van der Waals surface area contributed by atoms with Gasteiger partial charge in [-0.25, -0.2) is 9.18 Å². The monoisotopic (exact) mass is 358 g/mol. The van der Waals surface area contributed by atoms with Gasteiger partial charge >= 0.3 is 5.97 Å². The summed E-state index contributed by atoms with van der Waals surface area (Å²) in [6.45, 7) is 1.78. The summed E-state index contributed by atoms with van der Waals surface area (Å²) in [4.78, 5) is 37.9. The van der Waals surface area contributed by atoms with Crippen LogP contribution in [0.5, 0.6) is 11.5 Å². The van der Waals surface area contributed by atoms with Crippen LogP contribution in [0.3, 0.4) is 0 Å². The lowest BCUT2D eigenvalue weighted by Gasteiger charge is -2.22. The first-order valence-electron chi connectivity index (χ1n) is 7.79. The Labute approximate surface area is 148 Å². The fourth-order valence-electron chi connectivity index (χ4n) is 2.96. The molecule has 0 heterocycles. The SMILES string of the molecule is CCOC(=O)c1cc(OC)c2c(c1)C(=O)c1c(F)ccc(OC)c1C2=O. The highest BCUT2D eigenvalue weighted by molar-refractivity contribution is 6.30. The van der Waals surface area contributed by atoms with Crippen LogP contribution in [-0.2, 0) is 4.74 Å². The number of methoxy groups -OCH3 is 2. The number of hydrogen-bond acceptors (Lipinski definition) is 6. The van der Waals surface area contributed by atoms with Gasteiger partial charge in [-0.05, 0) is 31.2 Å². The minimum atomic E-state index is -0.842. The first-order chi connectivity index (χ1) is 12.4. The number of ketones is 2. The molecule has 0 aromatic heterocycles. The molecule has 0 fully saturated rings. The zero-order valence-electron chi connectivity index (χ0n) is 14.3. The Morgan fingerprint density at radius 3 is 2.27 bits per heavy atom. The van der Waals surface area contributed by atoms with Crippen LogP contribution >= 0.6 is 0 Å². The Hall–Kier alpha value is -3.22. The van der Waals surface area contributed by atoms with Crippen LogP contribution in [0.4, 0.5) is 4.39 Å². The van der Waals surface area contributed by atoms with E-state index < -0.39 is 23.4 Å². The molecule has 0 saturated carbocycles. The molecular weight excluding hydrogens is 343 g/mol. The van der Waals surface area contributed by atoms with Gasteiger partial charge in [-0.1, -0.05) is 0 Å². The van der Waals surface area contributed by atoms with Crippen molar-refractivity contribution in [2.45, 2.75) is 6.92 Å². The minimum absolute atomic E-state index is 0.0286. The van der Waals surface area contributed by atoms with E-state index in [0.29, 0.717) is 0 Å². The van der Waals surface area contributed by atoms with Crippen LogP contribution in [0.2, 0.25) is 0 Å². The summed E-state index contributed by atoms with van der Waals surface area (Å²) in [5.74, 6) is -2.74. The maximum atomic E-state index is 14.3. The summed E-state index contributed by atoms with van der Waals surface area (Å²) in [7, 11) is 2.63. The summed E-state index contributed by atoms with van der Waals surface area (Å²) in [5, 5.41) is 0. The molecule has 134 valence electrons. The lowest BCUT2D eigenvalue weighted by Crippen LogP contribution is -2.25. The second kappa shape index (κ2) is 6.59. The van der Waals surface area contributed by atoms with E-state index in [9.17, 15) is 18.8 Å². The molecule has 0 N–H and O–H groups in total. The Kier molecular flexibility index (Phi) is 4.46. The van der Waals surface area contributed by atoms with Gasteiger partial charge in [0.1, 0.15) is 17.3 Å². The molecule has 26 heavy (non-hydrogen) atoms. The minimum Gasteiger partial charge on any atom is -0.496 e. The van der Waals surface area contributed by atoms with E-state index in [-0.39, 0.29) is 45.9 Å². The molecule has 0 bridgehead atoms. The van der Waals surface area contributed by atoms with Crippen LogP contribution in [0, 0.1) is 5.82 Å². The molecular formula is C19H15FO6. The number of esters is 1. The zero-order valence-corrected chi connectivity index (χ0v) is 14.3. The Morgan fingerprint density at radius 1 is 0.962 bits per heavy atom. The standard InChI is InChI=1S/C19H15FO6/c1-4-26-19(23)9-7-10-14(13(8-9)25-3)18(22)16-12(24-2)6-5-11(20)15(16)17(10)21/h5-8H,4H2,1-3H3. The smallest absolute Gasteiger partial charge is 0.338 e. The van der Waals surface area contributed by atoms with Gasteiger partial charge in [-0.2, -0.15) is 0 Å². The first-order valence-corrected chi connectivity index (χ1v) is 7.79. The lowest BCUT2D eigenvalue weighted by molar-refractivity contribution is 0.0525. The zero-order chi connectivity index (χ0) is 19.0. The number of carbonyl (C=O) groups is 3. The predicted octanol–water partition coefficient (Wildman–Crippen LogP) is 2.80. The van der Waals surface area contributed by atoms with Crippen LogP contribution in [0.15, 0.2) is 24.3 Å². The van der Waals surface area contributed by atoms with Crippen molar-refractivity contribution in [2.24, 2.45) is 0 Å². The van der Waals surface area contributed by atoms with Gasteiger partial charge in [-0.15, -0.1) is 0 Å². The molecule has 0 spiro atoms. The average molecular weight is 358 g/mol. The van der Waals surface area contributed by atoms with Crippen molar-refractivity contribution in [2.75, 3.05) is 20.8 Å². The molecule has 7 heteroatoms. The number of ether oxygens (including phenoxy) is 3. The van der Waals surface area contributed by atoms with E-state index in [1.54, 1.807) is 6.92 Å². The highest BCUT2D eigenvalue weighted by atomic mass is 19.1. The average Bonchev–Trinajstić information content (AvgIpc) is 2.64. The molecule has 6 nitrogen and oxygen atoms in total. The molecule has 0 radical (unpaired) electrons. The Morgan fingerprint density at radius 2 is 1.65 bits per heavy atom. The van der Waals surface area contributed by atoms with Gasteiger partial charge in [0.25, 0.3) is 0 Å². The van der Waals surface area contributed by atoms with E-state index in [4.69, 9.17) is 14.2 Å². The fraction of sp³-hybridized carbons (Fsp3) is 0.211. The third-order valence-corrected chi connectivity index (χ3v) is 4.10. The molecule has 0 unspecified atom stereocenters. The van der Waals surface area contributed by atoms with Crippen molar-refractivity contribution in [3.05, 3.63) is 57.9 Å². The molecule has 0 aliphatic heterocycles. The Balaban J connectivity index is 2.30. The van der Waals surface area contributed by atoms with Gasteiger partial charge < -0.3 is 14.2 Å². The highest BCUT2D eigenvalue weighted by Crippen LogP contribution is 2.39. The summed E-state index contributed by atoms with van der Waals surface area (Å²) >= 11 is 0. The maximum absolute atomic E-state index is 14.3. The van der Waals surface area contributed by atoms with Gasteiger partial charge in [0.05, 0.1) is 43.1 Å². The summed E-state index contributed by atoms with van der Waals surface area (Å²) in [6, 6.07) is 4.88. The van der Waals surface area contributed by atoms with E-state index in [2.05, 4.69) is 0 Å². The van der Waals surface area contributed by atoms with Crippen molar-refractivity contribution in [3.8, 4) is 11.5 Å².